The number of hydrogen-bond donors (Lipinski definition) is 3. The van der Waals surface area contributed by atoms with Crippen LogP contribution in [-0.4, -0.2) is 27.9 Å². The van der Waals surface area contributed by atoms with Crippen molar-refractivity contribution in [3.63, 3.8) is 0 Å². The van der Waals surface area contributed by atoms with Crippen molar-refractivity contribution in [1.29, 1.82) is 0 Å². The lowest BCUT2D eigenvalue weighted by Crippen LogP contribution is -2.22. The maximum absolute atomic E-state index is 12.9. The summed E-state index contributed by atoms with van der Waals surface area (Å²) in [6, 6.07) is 13.6. The normalized spacial score (nSPS) is 14.4. The fourth-order valence-electron chi connectivity index (χ4n) is 4.04. The number of carbonyl (C=O) groups is 2. The van der Waals surface area contributed by atoms with E-state index >= 15 is 0 Å². The zero-order chi connectivity index (χ0) is 20.1. The molecule has 2 aromatic carbocycles. The standard InChI is InChI=1S/C22H17BrN4O2/c23-12-5-6-18-14(9-12)16(11-27(18)8-7-24)20-19(21(28)26-22(20)29)15-10-25-17-4-2-1-3-13(15)17/h1-6,9-11,25H,7-8,24H2,(H,26,28,29). The molecule has 0 saturated heterocycles. The van der Waals surface area contributed by atoms with Crippen molar-refractivity contribution in [2.24, 2.45) is 5.73 Å². The predicted molar refractivity (Wildman–Crippen MR) is 117 cm³/mol. The Balaban J connectivity index is 1.84. The van der Waals surface area contributed by atoms with Crippen LogP contribution in [0.3, 0.4) is 0 Å². The number of para-hydroxylation sites is 1. The smallest absolute Gasteiger partial charge is 0.259 e. The Morgan fingerprint density at radius 2 is 1.72 bits per heavy atom. The molecule has 3 heterocycles. The van der Waals surface area contributed by atoms with Gasteiger partial charge < -0.3 is 15.3 Å². The van der Waals surface area contributed by atoms with E-state index in [0.717, 1.165) is 31.8 Å². The highest BCUT2D eigenvalue weighted by Gasteiger charge is 2.35. The Morgan fingerprint density at radius 1 is 0.966 bits per heavy atom. The van der Waals surface area contributed by atoms with Gasteiger partial charge in [0.25, 0.3) is 11.8 Å². The van der Waals surface area contributed by atoms with Crippen LogP contribution in [0.25, 0.3) is 33.0 Å². The third-order valence-electron chi connectivity index (χ3n) is 5.27. The number of nitrogens with one attached hydrogen (secondary N) is 2. The number of fused-ring (bicyclic) bond motifs is 2. The number of H-pyrrole nitrogens is 1. The van der Waals surface area contributed by atoms with Crippen molar-refractivity contribution in [2.75, 3.05) is 6.54 Å². The fourth-order valence-corrected chi connectivity index (χ4v) is 4.40. The quantitative estimate of drug-likeness (QED) is 0.417. The first-order valence-electron chi connectivity index (χ1n) is 9.23. The molecular formula is C22H17BrN4O2. The summed E-state index contributed by atoms with van der Waals surface area (Å²) in [6.45, 7) is 1.09. The minimum atomic E-state index is -0.387. The molecule has 0 fully saturated rings. The van der Waals surface area contributed by atoms with Crippen molar-refractivity contribution in [2.45, 2.75) is 6.54 Å². The van der Waals surface area contributed by atoms with Gasteiger partial charge in [-0.05, 0) is 24.3 Å². The second-order valence-corrected chi connectivity index (χ2v) is 7.88. The number of rotatable bonds is 4. The first-order chi connectivity index (χ1) is 14.1. The summed E-state index contributed by atoms with van der Waals surface area (Å²) < 4.78 is 2.92. The van der Waals surface area contributed by atoms with E-state index in [4.69, 9.17) is 5.73 Å². The van der Waals surface area contributed by atoms with Gasteiger partial charge in [-0.25, -0.2) is 0 Å². The van der Waals surface area contributed by atoms with Crippen molar-refractivity contribution in [3.8, 4) is 0 Å². The number of carbonyl (C=O) groups excluding carboxylic acids is 2. The van der Waals surface area contributed by atoms with Gasteiger partial charge >= 0.3 is 0 Å². The number of aromatic amines is 1. The second kappa shape index (κ2) is 6.72. The summed E-state index contributed by atoms with van der Waals surface area (Å²) >= 11 is 3.51. The number of nitrogens with zero attached hydrogens (tertiary/aromatic N) is 1. The van der Waals surface area contributed by atoms with Gasteiger partial charge in [0.15, 0.2) is 0 Å². The molecule has 1 aliphatic heterocycles. The number of halogens is 1. The molecule has 0 atom stereocenters. The molecule has 0 bridgehead atoms. The zero-order valence-electron chi connectivity index (χ0n) is 15.3. The van der Waals surface area contributed by atoms with Crippen molar-refractivity contribution in [3.05, 3.63) is 70.5 Å². The molecular weight excluding hydrogens is 432 g/mol. The highest BCUT2D eigenvalue weighted by molar-refractivity contribution is 9.10. The largest absolute Gasteiger partial charge is 0.361 e. The van der Waals surface area contributed by atoms with Gasteiger partial charge in [-0.2, -0.15) is 0 Å². The molecule has 5 rings (SSSR count). The Hall–Kier alpha value is -3.16. The van der Waals surface area contributed by atoms with E-state index < -0.39 is 0 Å². The molecule has 1 aliphatic rings. The average Bonchev–Trinajstić information content (AvgIpc) is 3.35. The molecule has 0 aliphatic carbocycles. The second-order valence-electron chi connectivity index (χ2n) is 6.97. The number of nitrogens with two attached hydrogens (primary N) is 1. The number of benzene rings is 2. The van der Waals surface area contributed by atoms with Crippen LogP contribution in [0, 0.1) is 0 Å². The molecule has 6 nitrogen and oxygen atoms in total. The molecule has 0 spiro atoms. The minimum absolute atomic E-state index is 0.385. The Bertz CT molecular complexity index is 1350. The third kappa shape index (κ3) is 2.73. The molecule has 4 aromatic rings. The van der Waals surface area contributed by atoms with E-state index in [1.807, 2.05) is 53.2 Å². The molecule has 2 aromatic heterocycles. The Morgan fingerprint density at radius 3 is 2.52 bits per heavy atom. The van der Waals surface area contributed by atoms with Crippen LogP contribution in [0.1, 0.15) is 11.1 Å². The maximum Gasteiger partial charge on any atom is 0.259 e. The summed E-state index contributed by atoms with van der Waals surface area (Å²) in [5.74, 6) is -0.772. The third-order valence-corrected chi connectivity index (χ3v) is 5.77. The molecule has 4 N–H and O–H groups in total. The number of imide groups is 1. The van der Waals surface area contributed by atoms with Gasteiger partial charge in [-0.1, -0.05) is 34.1 Å². The average molecular weight is 449 g/mol. The van der Waals surface area contributed by atoms with E-state index in [1.54, 1.807) is 6.20 Å². The van der Waals surface area contributed by atoms with Crippen molar-refractivity contribution in [1.82, 2.24) is 14.9 Å². The lowest BCUT2D eigenvalue weighted by molar-refractivity contribution is -0.122. The first-order valence-corrected chi connectivity index (χ1v) is 10.0. The predicted octanol–water partition coefficient (Wildman–Crippen LogP) is 3.41. The van der Waals surface area contributed by atoms with Gasteiger partial charge in [-0.15, -0.1) is 0 Å². The van der Waals surface area contributed by atoms with Crippen molar-refractivity contribution < 1.29 is 9.59 Å². The van der Waals surface area contributed by atoms with Crippen LogP contribution in [0.4, 0.5) is 0 Å². The summed E-state index contributed by atoms with van der Waals surface area (Å²) in [5.41, 5.74) is 9.87. The van der Waals surface area contributed by atoms with Gasteiger partial charge in [0, 0.05) is 62.9 Å². The van der Waals surface area contributed by atoms with E-state index in [1.165, 1.54) is 0 Å². The molecule has 0 unspecified atom stereocenters. The van der Waals surface area contributed by atoms with Crippen LogP contribution < -0.4 is 11.1 Å². The van der Waals surface area contributed by atoms with E-state index in [9.17, 15) is 9.59 Å². The van der Waals surface area contributed by atoms with Crippen LogP contribution in [-0.2, 0) is 16.1 Å². The van der Waals surface area contributed by atoms with Gasteiger partial charge in [0.1, 0.15) is 0 Å². The van der Waals surface area contributed by atoms with Gasteiger partial charge in [0.2, 0.25) is 0 Å². The van der Waals surface area contributed by atoms with E-state index in [-0.39, 0.29) is 11.8 Å². The Labute approximate surface area is 174 Å². The Kier molecular flexibility index (Phi) is 4.15. The maximum atomic E-state index is 12.9. The summed E-state index contributed by atoms with van der Waals surface area (Å²) in [6.07, 6.45) is 3.69. The van der Waals surface area contributed by atoms with Gasteiger partial charge in [0.05, 0.1) is 11.1 Å². The zero-order valence-corrected chi connectivity index (χ0v) is 16.9. The molecule has 0 radical (unpaired) electrons. The first kappa shape index (κ1) is 17.9. The highest BCUT2D eigenvalue weighted by Crippen LogP contribution is 2.38. The lowest BCUT2D eigenvalue weighted by Gasteiger charge is -2.03. The number of aromatic nitrogens is 2. The monoisotopic (exact) mass is 448 g/mol. The summed E-state index contributed by atoms with van der Waals surface area (Å²) in [4.78, 5) is 28.9. The fraction of sp³-hybridized carbons (Fsp3) is 0.0909. The van der Waals surface area contributed by atoms with Crippen LogP contribution in [0.5, 0.6) is 0 Å². The summed E-state index contributed by atoms with van der Waals surface area (Å²) in [7, 11) is 0. The SMILES string of the molecule is NCCn1cc(C2=C(c3c[nH]c4ccccc34)C(=O)NC2=O)c2cc(Br)ccc21. The van der Waals surface area contributed by atoms with Crippen LogP contribution in [0.15, 0.2) is 59.3 Å². The van der Waals surface area contributed by atoms with Gasteiger partial charge in [-0.3, -0.25) is 14.9 Å². The lowest BCUT2D eigenvalue weighted by atomic mass is 9.95. The molecule has 0 saturated carbocycles. The van der Waals surface area contributed by atoms with Crippen molar-refractivity contribution >= 4 is 60.7 Å². The van der Waals surface area contributed by atoms with E-state index in [0.29, 0.717) is 29.8 Å². The van der Waals surface area contributed by atoms with Crippen LogP contribution >= 0.6 is 15.9 Å². The molecule has 7 heteroatoms. The molecule has 2 amide bonds. The summed E-state index contributed by atoms with van der Waals surface area (Å²) in [5, 5.41) is 4.27. The molecule has 144 valence electrons. The van der Waals surface area contributed by atoms with Crippen LogP contribution in [0.2, 0.25) is 0 Å². The number of hydrogen-bond acceptors (Lipinski definition) is 3. The number of amides is 2. The highest BCUT2D eigenvalue weighted by atomic mass is 79.9. The molecule has 29 heavy (non-hydrogen) atoms. The topological polar surface area (TPSA) is 92.9 Å². The van der Waals surface area contributed by atoms with E-state index in [2.05, 4.69) is 26.2 Å². The minimum Gasteiger partial charge on any atom is -0.361 e.